The molecule has 0 amide bonds. The predicted molar refractivity (Wildman–Crippen MR) is 77.9 cm³/mol. The Bertz CT molecular complexity index is 479. The largest absolute Gasteiger partial charge is 0.389 e. The van der Waals surface area contributed by atoms with Crippen molar-refractivity contribution in [2.75, 3.05) is 23.0 Å². The number of thioether (sulfide) groups is 1. The highest BCUT2D eigenvalue weighted by atomic mass is 32.2. The molecule has 0 radical (unpaired) electrons. The van der Waals surface area contributed by atoms with Crippen LogP contribution in [0.5, 0.6) is 0 Å². The Balaban J connectivity index is 2.41. The summed E-state index contributed by atoms with van der Waals surface area (Å²) in [5.41, 5.74) is 1.31. The number of hydrogen-bond donors (Lipinski definition) is 1. The number of nitro groups is 1. The molecule has 1 N–H and O–H groups in total. The number of nitrogens with zero attached hydrogens (tertiary/aromatic N) is 2. The normalized spacial score (nSPS) is 21.2. The van der Waals surface area contributed by atoms with Gasteiger partial charge in [-0.15, -0.1) is 0 Å². The van der Waals surface area contributed by atoms with Crippen LogP contribution < -0.4 is 4.90 Å². The topological polar surface area (TPSA) is 66.6 Å². The van der Waals surface area contributed by atoms with E-state index in [2.05, 4.69) is 11.8 Å². The fourth-order valence-corrected chi connectivity index (χ4v) is 3.29. The summed E-state index contributed by atoms with van der Waals surface area (Å²) in [6.07, 6.45) is -0.693. The predicted octanol–water partition coefficient (Wildman–Crippen LogP) is 2.59. The molecule has 0 saturated carbocycles. The van der Waals surface area contributed by atoms with Gasteiger partial charge in [-0.3, -0.25) is 10.1 Å². The molecule has 1 aromatic rings. The fourth-order valence-electron chi connectivity index (χ4n) is 2.27. The fraction of sp³-hybridized carbons (Fsp3) is 0.538. The molecule has 0 aromatic heterocycles. The molecule has 1 fully saturated rings. The van der Waals surface area contributed by atoms with Gasteiger partial charge in [-0.1, -0.05) is 6.07 Å². The molecule has 1 unspecified atom stereocenters. The summed E-state index contributed by atoms with van der Waals surface area (Å²) < 4.78 is 0. The summed E-state index contributed by atoms with van der Waals surface area (Å²) in [6.45, 7) is 4.51. The van der Waals surface area contributed by atoms with Crippen molar-refractivity contribution >= 4 is 23.1 Å². The maximum Gasteiger partial charge on any atom is 0.292 e. The van der Waals surface area contributed by atoms with Crippen LogP contribution in [-0.4, -0.2) is 34.1 Å². The molecule has 1 aliphatic heterocycles. The maximum atomic E-state index is 11.2. The number of benzene rings is 1. The lowest BCUT2D eigenvalue weighted by Gasteiger charge is -2.34. The average Bonchev–Trinajstić information content (AvgIpc) is 2.38. The van der Waals surface area contributed by atoms with E-state index in [-0.39, 0.29) is 16.7 Å². The van der Waals surface area contributed by atoms with Gasteiger partial charge in [-0.2, -0.15) is 11.8 Å². The van der Waals surface area contributed by atoms with Crippen LogP contribution in [0.3, 0.4) is 0 Å². The molecule has 5 nitrogen and oxygen atoms in total. The zero-order valence-corrected chi connectivity index (χ0v) is 11.9. The van der Waals surface area contributed by atoms with Gasteiger partial charge in [0, 0.05) is 30.2 Å². The molecule has 2 rings (SSSR count). The first kappa shape index (κ1) is 14.1. The summed E-state index contributed by atoms with van der Waals surface area (Å²) >= 11 is 1.87. The number of aliphatic hydroxyl groups excluding tert-OH is 1. The minimum atomic E-state index is -0.693. The van der Waals surface area contributed by atoms with E-state index in [9.17, 15) is 15.2 Å². The van der Waals surface area contributed by atoms with Crippen LogP contribution in [-0.2, 0) is 0 Å². The minimum absolute atomic E-state index is 0.0807. The Hall–Kier alpha value is -1.27. The van der Waals surface area contributed by atoms with Crippen molar-refractivity contribution in [3.05, 3.63) is 33.9 Å². The Morgan fingerprint density at radius 1 is 1.58 bits per heavy atom. The van der Waals surface area contributed by atoms with Crippen molar-refractivity contribution in [3.8, 4) is 0 Å². The van der Waals surface area contributed by atoms with Crippen molar-refractivity contribution in [1.29, 1.82) is 0 Å². The standard InChI is InChI=1S/C13H18N2O3S/c1-9-8-19-6-5-14(9)12-4-3-11(10(2)16)7-13(12)15(17)18/h3-4,7,9-10,16H,5-6,8H2,1-2H3/t9?,10-/m0/s1. The van der Waals surface area contributed by atoms with E-state index >= 15 is 0 Å². The molecule has 6 heteroatoms. The molecule has 19 heavy (non-hydrogen) atoms. The monoisotopic (exact) mass is 282 g/mol. The van der Waals surface area contributed by atoms with Gasteiger partial charge in [0.1, 0.15) is 5.69 Å². The van der Waals surface area contributed by atoms with Gasteiger partial charge >= 0.3 is 0 Å². The highest BCUT2D eigenvalue weighted by Crippen LogP contribution is 2.34. The third-order valence-electron chi connectivity index (χ3n) is 3.36. The lowest BCUT2D eigenvalue weighted by molar-refractivity contribution is -0.384. The summed E-state index contributed by atoms with van der Waals surface area (Å²) in [5.74, 6) is 1.97. The Labute approximate surface area is 116 Å². The minimum Gasteiger partial charge on any atom is -0.389 e. The van der Waals surface area contributed by atoms with Gasteiger partial charge in [0.15, 0.2) is 0 Å². The third-order valence-corrected chi connectivity index (χ3v) is 4.54. The first-order chi connectivity index (χ1) is 9.00. The molecule has 1 heterocycles. The Morgan fingerprint density at radius 2 is 2.32 bits per heavy atom. The summed E-state index contributed by atoms with van der Waals surface area (Å²) in [6, 6.07) is 5.29. The lowest BCUT2D eigenvalue weighted by atomic mass is 10.1. The van der Waals surface area contributed by atoms with Gasteiger partial charge in [0.2, 0.25) is 0 Å². The summed E-state index contributed by atoms with van der Waals surface area (Å²) in [5, 5.41) is 20.8. The second-order valence-corrected chi connectivity index (χ2v) is 5.95. The smallest absolute Gasteiger partial charge is 0.292 e. The van der Waals surface area contributed by atoms with E-state index < -0.39 is 6.10 Å². The van der Waals surface area contributed by atoms with Crippen LogP contribution in [0.4, 0.5) is 11.4 Å². The number of hydrogen-bond acceptors (Lipinski definition) is 5. The molecule has 0 bridgehead atoms. The average molecular weight is 282 g/mol. The molecule has 1 aliphatic rings. The first-order valence-electron chi connectivity index (χ1n) is 6.31. The molecular weight excluding hydrogens is 264 g/mol. The zero-order chi connectivity index (χ0) is 14.0. The van der Waals surface area contributed by atoms with Crippen molar-refractivity contribution in [3.63, 3.8) is 0 Å². The maximum absolute atomic E-state index is 11.2. The van der Waals surface area contributed by atoms with E-state index in [4.69, 9.17) is 0 Å². The second kappa shape index (κ2) is 5.79. The molecule has 104 valence electrons. The van der Waals surface area contributed by atoms with Crippen LogP contribution in [0.2, 0.25) is 0 Å². The molecular formula is C13H18N2O3S. The van der Waals surface area contributed by atoms with Crippen LogP contribution in [0.25, 0.3) is 0 Å². The number of nitro benzene ring substituents is 1. The molecule has 0 aliphatic carbocycles. The highest BCUT2D eigenvalue weighted by molar-refractivity contribution is 7.99. The number of aliphatic hydroxyl groups is 1. The molecule has 1 aromatic carbocycles. The van der Waals surface area contributed by atoms with E-state index in [0.29, 0.717) is 11.3 Å². The van der Waals surface area contributed by atoms with Gasteiger partial charge < -0.3 is 10.0 Å². The van der Waals surface area contributed by atoms with Gasteiger partial charge in [-0.25, -0.2) is 0 Å². The van der Waals surface area contributed by atoms with Crippen molar-refractivity contribution in [2.24, 2.45) is 0 Å². The van der Waals surface area contributed by atoms with Crippen molar-refractivity contribution in [2.45, 2.75) is 26.0 Å². The van der Waals surface area contributed by atoms with Gasteiger partial charge in [-0.05, 0) is 25.5 Å². The summed E-state index contributed by atoms with van der Waals surface area (Å²) in [7, 11) is 0. The Kier molecular flexibility index (Phi) is 4.31. The van der Waals surface area contributed by atoms with E-state index in [1.54, 1.807) is 19.1 Å². The van der Waals surface area contributed by atoms with Gasteiger partial charge in [0.25, 0.3) is 5.69 Å². The Morgan fingerprint density at radius 3 is 2.89 bits per heavy atom. The van der Waals surface area contributed by atoms with Crippen LogP contribution in [0, 0.1) is 10.1 Å². The molecule has 2 atom stereocenters. The van der Waals surface area contributed by atoms with Crippen molar-refractivity contribution in [1.82, 2.24) is 0 Å². The SMILES string of the molecule is CC1CSCCN1c1ccc([C@H](C)O)cc1[N+](=O)[O-]. The van der Waals surface area contributed by atoms with Crippen molar-refractivity contribution < 1.29 is 10.0 Å². The first-order valence-corrected chi connectivity index (χ1v) is 7.47. The number of anilines is 1. The molecule has 1 saturated heterocycles. The van der Waals surface area contributed by atoms with Gasteiger partial charge in [0.05, 0.1) is 11.0 Å². The van der Waals surface area contributed by atoms with Crippen LogP contribution >= 0.6 is 11.8 Å². The van der Waals surface area contributed by atoms with E-state index in [1.165, 1.54) is 6.07 Å². The van der Waals surface area contributed by atoms with Crippen LogP contribution in [0.15, 0.2) is 18.2 Å². The van der Waals surface area contributed by atoms with E-state index in [1.807, 2.05) is 11.8 Å². The highest BCUT2D eigenvalue weighted by Gasteiger charge is 2.26. The lowest BCUT2D eigenvalue weighted by Crippen LogP contribution is -2.40. The third kappa shape index (κ3) is 3.01. The quantitative estimate of drug-likeness (QED) is 0.682. The van der Waals surface area contributed by atoms with E-state index in [0.717, 1.165) is 18.1 Å². The zero-order valence-electron chi connectivity index (χ0n) is 11.1. The second-order valence-electron chi connectivity index (χ2n) is 4.80. The van der Waals surface area contributed by atoms with Crippen LogP contribution in [0.1, 0.15) is 25.5 Å². The summed E-state index contributed by atoms with van der Waals surface area (Å²) in [4.78, 5) is 13.0. The number of rotatable bonds is 3. The molecule has 0 spiro atoms.